The normalized spacial score (nSPS) is 14.6. The molecule has 2 aromatic carbocycles. The monoisotopic (exact) mass is 621 g/mol. The van der Waals surface area contributed by atoms with E-state index in [0.29, 0.717) is 22.5 Å². The number of benzene rings is 2. The summed E-state index contributed by atoms with van der Waals surface area (Å²) in [6.45, 7) is 1.43. The second-order valence-electron chi connectivity index (χ2n) is 6.06. The van der Waals surface area contributed by atoms with Crippen LogP contribution in [0.4, 0.5) is 11.4 Å². The summed E-state index contributed by atoms with van der Waals surface area (Å²) in [6, 6.07) is 13.8. The number of nitrogens with two attached hydrogens (primary N) is 1. The maximum absolute atomic E-state index is 12.9. The number of carbonyl (C=O) groups excluding carboxylic acids is 2. The molecule has 2 rings (SSSR count). The molecule has 168 valence electrons. The molecule has 0 fully saturated rings. The third-order valence-corrected chi connectivity index (χ3v) is 68.4. The van der Waals surface area contributed by atoms with Crippen LogP contribution >= 0.6 is 88.3 Å². The number of rotatable bonds is 9. The SMILES string of the molecule is CP(NC(=O)c1ccc(NC(=O)c2ccc(N)cc2)cc1)P(P(P)P)P(PP)P(P)P. The molecule has 9 unspecified atom stereocenters. The second-order valence-corrected chi connectivity index (χ2v) is 46.8. The van der Waals surface area contributed by atoms with Gasteiger partial charge in [0.25, 0.3) is 11.8 Å². The highest BCUT2D eigenvalue weighted by atomic mass is 33.2. The molecule has 0 bridgehead atoms. The van der Waals surface area contributed by atoms with E-state index in [9.17, 15) is 9.59 Å². The van der Waals surface area contributed by atoms with Crippen LogP contribution in [0.5, 0.6) is 0 Å². The Bertz CT molecular complexity index is 883. The maximum atomic E-state index is 12.9. The molecule has 4 N–H and O–H groups in total. The molecule has 9 atom stereocenters. The fourth-order valence-electron chi connectivity index (χ4n) is 2.39. The summed E-state index contributed by atoms with van der Waals surface area (Å²) >= 11 is 0. The van der Waals surface area contributed by atoms with Crippen molar-refractivity contribution in [2.75, 3.05) is 17.7 Å². The van der Waals surface area contributed by atoms with Gasteiger partial charge in [-0.25, -0.2) is 0 Å². The molecule has 31 heavy (non-hydrogen) atoms. The first-order valence-corrected chi connectivity index (χ1v) is 28.7. The summed E-state index contributed by atoms with van der Waals surface area (Å²) in [5, 5.41) is 6.13. The Morgan fingerprint density at radius 2 is 1.39 bits per heavy atom. The summed E-state index contributed by atoms with van der Waals surface area (Å²) < 4.78 is 0. The van der Waals surface area contributed by atoms with Crippen LogP contribution in [0.15, 0.2) is 48.5 Å². The van der Waals surface area contributed by atoms with Crippen LogP contribution in [0.2, 0.25) is 0 Å². The van der Waals surface area contributed by atoms with E-state index in [2.05, 4.69) is 61.7 Å². The number of anilines is 2. The van der Waals surface area contributed by atoms with Gasteiger partial charge < -0.3 is 16.1 Å². The molecule has 16 heteroatoms. The zero-order valence-electron chi connectivity index (χ0n) is 16.6. The molecule has 0 radical (unpaired) electrons. The van der Waals surface area contributed by atoms with Gasteiger partial charge in [0, 0.05) is 37.3 Å². The molecule has 0 saturated carbocycles. The molecule has 2 amide bonds. The van der Waals surface area contributed by atoms with Crippen molar-refractivity contribution < 1.29 is 9.59 Å². The first kappa shape index (κ1) is 29.1. The van der Waals surface area contributed by atoms with Gasteiger partial charge in [-0.1, -0.05) is 7.96 Å². The fraction of sp³-hybridized carbons (Fsp3) is 0.0667. The molecule has 5 nitrogen and oxygen atoms in total. The highest BCUT2D eigenvalue weighted by molar-refractivity contribution is 9.19. The summed E-state index contributed by atoms with van der Waals surface area (Å²) in [4.78, 5) is 25.2. The highest BCUT2D eigenvalue weighted by Crippen LogP contribution is 3.15. The first-order valence-electron chi connectivity index (χ1n) is 8.61. The van der Waals surface area contributed by atoms with Gasteiger partial charge in [-0.15, -0.1) is 44.6 Å². The van der Waals surface area contributed by atoms with Gasteiger partial charge in [-0.05, 0) is 76.2 Å². The average Bonchev–Trinajstić information content (AvgIpc) is 2.72. The van der Waals surface area contributed by atoms with Gasteiger partial charge in [0.1, 0.15) is 0 Å². The van der Waals surface area contributed by atoms with Crippen LogP contribution in [0.3, 0.4) is 0 Å². The number of nitrogens with one attached hydrogen (secondary N) is 2. The topological polar surface area (TPSA) is 84.2 Å². The smallest absolute Gasteiger partial charge is 0.255 e. The minimum atomic E-state index is -0.594. The molecular weight excluding hydrogens is 595 g/mol. The maximum Gasteiger partial charge on any atom is 0.255 e. The van der Waals surface area contributed by atoms with Gasteiger partial charge in [0.2, 0.25) is 0 Å². The van der Waals surface area contributed by atoms with Crippen molar-refractivity contribution in [2.24, 2.45) is 0 Å². The van der Waals surface area contributed by atoms with Crippen LogP contribution in [-0.4, -0.2) is 18.5 Å². The van der Waals surface area contributed by atoms with Gasteiger partial charge in [-0.2, -0.15) is 0 Å². The zero-order chi connectivity index (χ0) is 23.1. The van der Waals surface area contributed by atoms with E-state index >= 15 is 0 Å². The molecule has 0 aliphatic rings. The highest BCUT2D eigenvalue weighted by Gasteiger charge is 2.32. The van der Waals surface area contributed by atoms with E-state index in [4.69, 9.17) is 5.73 Å². The lowest BCUT2D eigenvalue weighted by atomic mass is 10.1. The van der Waals surface area contributed by atoms with Crippen molar-refractivity contribution in [3.05, 3.63) is 59.7 Å². The van der Waals surface area contributed by atoms with Crippen LogP contribution < -0.4 is 16.1 Å². The van der Waals surface area contributed by atoms with Gasteiger partial charge >= 0.3 is 0 Å². The third kappa shape index (κ3) is 9.13. The molecule has 0 aliphatic carbocycles. The van der Waals surface area contributed by atoms with Crippen molar-refractivity contribution in [2.45, 2.75) is 0 Å². The first-order chi connectivity index (χ1) is 14.6. The predicted octanol–water partition coefficient (Wildman–Crippen LogP) is 8.41. The Kier molecular flexibility index (Phi) is 13.6. The minimum Gasteiger partial charge on any atom is -0.399 e. The molecular formula is C15H26N3O2P11. The summed E-state index contributed by atoms with van der Waals surface area (Å²) in [7, 11) is 15.1. The van der Waals surface area contributed by atoms with Gasteiger partial charge in [-0.3, -0.25) is 9.59 Å². The largest absolute Gasteiger partial charge is 0.399 e. The van der Waals surface area contributed by atoms with Gasteiger partial charge in [0.15, 0.2) is 0 Å². The molecule has 0 spiro atoms. The van der Waals surface area contributed by atoms with E-state index in [1.807, 2.05) is 0 Å². The average molecular weight is 621 g/mol. The molecule has 0 aromatic heterocycles. The quantitative estimate of drug-likeness (QED) is 0.194. The Morgan fingerprint density at radius 3 is 1.87 bits per heavy atom. The van der Waals surface area contributed by atoms with Crippen LogP contribution in [0, 0.1) is 0 Å². The van der Waals surface area contributed by atoms with Crippen molar-refractivity contribution in [3.8, 4) is 0 Å². The van der Waals surface area contributed by atoms with Crippen molar-refractivity contribution in [1.29, 1.82) is 0 Å². The third-order valence-electron chi connectivity index (χ3n) is 3.82. The van der Waals surface area contributed by atoms with Crippen molar-refractivity contribution >= 4 is 111 Å². The van der Waals surface area contributed by atoms with Crippen LogP contribution in [0.1, 0.15) is 20.7 Å². The lowest BCUT2D eigenvalue weighted by Gasteiger charge is -2.36. The van der Waals surface area contributed by atoms with E-state index in [-0.39, 0.29) is 39.8 Å². The van der Waals surface area contributed by atoms with Crippen molar-refractivity contribution in [1.82, 2.24) is 5.09 Å². The minimum absolute atomic E-state index is 0.0525. The molecule has 0 saturated heterocycles. The number of nitrogen functional groups attached to an aromatic ring is 1. The molecule has 0 aliphatic heterocycles. The lowest BCUT2D eigenvalue weighted by Crippen LogP contribution is -2.17. The van der Waals surface area contributed by atoms with E-state index < -0.39 is 7.76 Å². The zero-order valence-corrected chi connectivity index (χ0v) is 27.9. The molecule has 0 heterocycles. The van der Waals surface area contributed by atoms with E-state index in [0.717, 1.165) is 7.96 Å². The number of amides is 2. The number of carbonyl (C=O) groups is 2. The second kappa shape index (κ2) is 14.5. The van der Waals surface area contributed by atoms with E-state index in [1.165, 1.54) is 0 Å². The van der Waals surface area contributed by atoms with E-state index in [1.54, 1.807) is 48.5 Å². The fourth-order valence-corrected chi connectivity index (χ4v) is 101. The van der Waals surface area contributed by atoms with Crippen molar-refractivity contribution in [3.63, 3.8) is 0 Å². The lowest BCUT2D eigenvalue weighted by molar-refractivity contribution is 0.0982. The Labute approximate surface area is 202 Å². The predicted molar refractivity (Wildman–Crippen MR) is 170 cm³/mol. The Hall–Kier alpha value is 1.91. The summed E-state index contributed by atoms with van der Waals surface area (Å²) in [5.41, 5.74) is 8.05. The summed E-state index contributed by atoms with van der Waals surface area (Å²) in [5.74, 6) is -0.268. The Balaban J connectivity index is 2.03. The standard InChI is InChI=1S/C15H26N3O2P11/c1-27(31(29(24)25)30(26-21)28(22)23)18-15(20)11-4-8-13(9-5-11)17-14(19)10-2-6-12(16)7-3-10/h2-9,26H,16,21-25H2,1H3,(H,17,19)(H,18,20). The van der Waals surface area contributed by atoms with Crippen LogP contribution in [0.25, 0.3) is 0 Å². The Morgan fingerprint density at radius 1 is 0.871 bits per heavy atom. The molecule has 2 aromatic rings. The number of hydrogen-bond donors (Lipinski definition) is 3. The number of hydrogen-bond acceptors (Lipinski definition) is 3. The van der Waals surface area contributed by atoms with Crippen LogP contribution in [-0.2, 0) is 0 Å². The van der Waals surface area contributed by atoms with Gasteiger partial charge in [0.05, 0.1) is 0 Å². The summed E-state index contributed by atoms with van der Waals surface area (Å²) in [6.07, 6.45) is 0.